The van der Waals surface area contributed by atoms with Gasteiger partial charge in [-0.1, -0.05) is 24.3 Å². The van der Waals surface area contributed by atoms with Crippen molar-refractivity contribution in [3.63, 3.8) is 0 Å². The molecule has 2 heterocycles. The highest BCUT2D eigenvalue weighted by Gasteiger charge is 2.49. The predicted molar refractivity (Wildman–Crippen MR) is 110 cm³/mol. The topological polar surface area (TPSA) is 61.4 Å². The Kier molecular flexibility index (Phi) is 5.37. The minimum Gasteiger partial charge on any atom is -0.349 e. The summed E-state index contributed by atoms with van der Waals surface area (Å²) in [6.45, 7) is 3.80. The number of carbonyl (C=O) groups excluding carboxylic acids is 2. The monoisotopic (exact) mass is 395 g/mol. The summed E-state index contributed by atoms with van der Waals surface area (Å²) in [5.74, 6) is -0.0539. The summed E-state index contributed by atoms with van der Waals surface area (Å²) in [4.78, 5) is 25.9. The van der Waals surface area contributed by atoms with Gasteiger partial charge in [0.1, 0.15) is 5.82 Å². The first kappa shape index (κ1) is 19.6. The van der Waals surface area contributed by atoms with Crippen molar-refractivity contribution in [2.75, 3.05) is 18.4 Å². The van der Waals surface area contributed by atoms with Crippen LogP contribution < -0.4 is 10.6 Å². The molecular weight excluding hydrogens is 369 g/mol. The number of amides is 2. The number of nitrogens with one attached hydrogen (secondary N) is 2. The van der Waals surface area contributed by atoms with Gasteiger partial charge >= 0.3 is 0 Å². The molecule has 6 heteroatoms. The minimum absolute atomic E-state index is 0.0971. The molecule has 0 unspecified atom stereocenters. The third-order valence-corrected chi connectivity index (χ3v) is 5.98. The molecule has 2 aromatic rings. The van der Waals surface area contributed by atoms with E-state index in [1.165, 1.54) is 19.1 Å². The summed E-state index contributed by atoms with van der Waals surface area (Å²) in [5.41, 5.74) is 2.70. The summed E-state index contributed by atoms with van der Waals surface area (Å²) in [7, 11) is 0. The summed E-state index contributed by atoms with van der Waals surface area (Å²) in [6.07, 6.45) is 2.40. The third kappa shape index (κ3) is 4.32. The lowest BCUT2D eigenvalue weighted by molar-refractivity contribution is -0.125. The van der Waals surface area contributed by atoms with E-state index in [1.54, 1.807) is 0 Å². The SMILES string of the molecule is CC(=O)Nc1ccc([C@@H]2CN(Cc3ccc(F)cc3)C[C@]23CCCC(=O)N3)cc1. The first-order valence-corrected chi connectivity index (χ1v) is 10.1. The maximum Gasteiger partial charge on any atom is 0.221 e. The Morgan fingerprint density at radius 2 is 1.93 bits per heavy atom. The number of hydrogen-bond acceptors (Lipinski definition) is 3. The lowest BCUT2D eigenvalue weighted by Gasteiger charge is -2.39. The standard InChI is InChI=1S/C23H26FN3O2/c1-16(28)25-20-10-6-18(7-11-20)21-14-27(13-17-4-8-19(24)9-5-17)15-23(21)12-2-3-22(29)26-23/h4-11,21H,2-3,12-15H2,1H3,(H,25,28)(H,26,29)/t21-,23+/m0/s1. The van der Waals surface area contributed by atoms with Gasteiger partial charge in [0.25, 0.3) is 0 Å². The number of nitrogens with zero attached hydrogens (tertiary/aromatic N) is 1. The summed E-state index contributed by atoms with van der Waals surface area (Å²) < 4.78 is 13.2. The maximum atomic E-state index is 13.2. The molecular formula is C23H26FN3O2. The van der Waals surface area contributed by atoms with Crippen molar-refractivity contribution < 1.29 is 14.0 Å². The molecule has 0 aromatic heterocycles. The van der Waals surface area contributed by atoms with Gasteiger partial charge in [0.15, 0.2) is 0 Å². The van der Waals surface area contributed by atoms with Crippen molar-refractivity contribution in [3.05, 3.63) is 65.5 Å². The van der Waals surface area contributed by atoms with Crippen molar-refractivity contribution in [1.29, 1.82) is 0 Å². The third-order valence-electron chi connectivity index (χ3n) is 5.98. The number of rotatable bonds is 4. The Labute approximate surface area is 170 Å². The highest BCUT2D eigenvalue weighted by molar-refractivity contribution is 5.88. The fourth-order valence-corrected chi connectivity index (χ4v) is 4.75. The molecule has 2 fully saturated rings. The van der Waals surface area contributed by atoms with E-state index in [0.717, 1.165) is 49.3 Å². The van der Waals surface area contributed by atoms with E-state index >= 15 is 0 Å². The molecule has 29 heavy (non-hydrogen) atoms. The molecule has 2 N–H and O–H groups in total. The normalized spacial score (nSPS) is 24.5. The van der Waals surface area contributed by atoms with Gasteiger partial charge in [0.05, 0.1) is 5.54 Å². The largest absolute Gasteiger partial charge is 0.349 e. The van der Waals surface area contributed by atoms with Crippen LogP contribution in [0.5, 0.6) is 0 Å². The van der Waals surface area contributed by atoms with Crippen molar-refractivity contribution in [3.8, 4) is 0 Å². The quantitative estimate of drug-likeness (QED) is 0.834. The number of halogens is 1. The molecule has 4 rings (SSSR count). The molecule has 0 bridgehead atoms. The second-order valence-corrected chi connectivity index (χ2v) is 8.21. The van der Waals surface area contributed by atoms with Crippen LogP contribution in [0.3, 0.4) is 0 Å². The van der Waals surface area contributed by atoms with Gasteiger partial charge in [-0.2, -0.15) is 0 Å². The molecule has 2 aromatic carbocycles. The van der Waals surface area contributed by atoms with E-state index in [0.29, 0.717) is 6.42 Å². The smallest absolute Gasteiger partial charge is 0.221 e. The first-order valence-electron chi connectivity index (χ1n) is 10.1. The van der Waals surface area contributed by atoms with Gasteiger partial charge in [-0.15, -0.1) is 0 Å². The van der Waals surface area contributed by atoms with Crippen molar-refractivity contribution in [1.82, 2.24) is 10.2 Å². The Balaban J connectivity index is 1.58. The second kappa shape index (κ2) is 7.95. The van der Waals surface area contributed by atoms with Gasteiger partial charge in [-0.25, -0.2) is 4.39 Å². The van der Waals surface area contributed by atoms with Crippen LogP contribution in [0, 0.1) is 5.82 Å². The molecule has 2 atom stereocenters. The van der Waals surface area contributed by atoms with E-state index in [-0.39, 0.29) is 29.1 Å². The highest BCUT2D eigenvalue weighted by Crippen LogP contribution is 2.42. The molecule has 2 saturated heterocycles. The minimum atomic E-state index is -0.287. The fraction of sp³-hybridized carbons (Fsp3) is 0.391. The molecule has 0 radical (unpaired) electrons. The van der Waals surface area contributed by atoms with Crippen molar-refractivity contribution >= 4 is 17.5 Å². The lowest BCUT2D eigenvalue weighted by atomic mass is 9.76. The van der Waals surface area contributed by atoms with E-state index in [9.17, 15) is 14.0 Å². The van der Waals surface area contributed by atoms with Crippen LogP contribution in [0.1, 0.15) is 43.2 Å². The molecule has 5 nitrogen and oxygen atoms in total. The average molecular weight is 395 g/mol. The number of likely N-dealkylation sites (tertiary alicyclic amines) is 1. The Hall–Kier alpha value is -2.73. The van der Waals surface area contributed by atoms with E-state index in [2.05, 4.69) is 15.5 Å². The summed E-state index contributed by atoms with van der Waals surface area (Å²) >= 11 is 0. The number of carbonyl (C=O) groups is 2. The zero-order valence-electron chi connectivity index (χ0n) is 16.6. The van der Waals surface area contributed by atoms with Crippen LogP contribution in [0.4, 0.5) is 10.1 Å². The maximum absolute atomic E-state index is 13.2. The molecule has 1 spiro atoms. The van der Waals surface area contributed by atoms with Gasteiger partial charge in [-0.3, -0.25) is 14.5 Å². The van der Waals surface area contributed by atoms with Gasteiger partial charge in [0, 0.05) is 44.6 Å². The van der Waals surface area contributed by atoms with Crippen LogP contribution >= 0.6 is 0 Å². The molecule has 2 aliphatic heterocycles. The Morgan fingerprint density at radius 3 is 2.59 bits per heavy atom. The van der Waals surface area contributed by atoms with Crippen LogP contribution in [0.2, 0.25) is 0 Å². The molecule has 0 saturated carbocycles. The number of benzene rings is 2. The fourth-order valence-electron chi connectivity index (χ4n) is 4.75. The Morgan fingerprint density at radius 1 is 1.21 bits per heavy atom. The van der Waals surface area contributed by atoms with E-state index < -0.39 is 0 Å². The van der Waals surface area contributed by atoms with Crippen molar-refractivity contribution in [2.45, 2.75) is 44.2 Å². The van der Waals surface area contributed by atoms with Crippen LogP contribution in [-0.4, -0.2) is 35.3 Å². The summed E-state index contributed by atoms with van der Waals surface area (Å²) in [5, 5.41) is 6.10. The van der Waals surface area contributed by atoms with Gasteiger partial charge in [0.2, 0.25) is 11.8 Å². The average Bonchev–Trinajstić information content (AvgIpc) is 3.00. The van der Waals surface area contributed by atoms with E-state index in [4.69, 9.17) is 0 Å². The predicted octanol–water partition coefficient (Wildman–Crippen LogP) is 3.42. The molecule has 2 aliphatic rings. The molecule has 0 aliphatic carbocycles. The first-order chi connectivity index (χ1) is 13.9. The zero-order chi connectivity index (χ0) is 20.4. The zero-order valence-corrected chi connectivity index (χ0v) is 16.6. The molecule has 152 valence electrons. The lowest BCUT2D eigenvalue weighted by Crippen LogP contribution is -2.56. The number of anilines is 1. The number of piperidine rings is 1. The number of hydrogen-bond donors (Lipinski definition) is 2. The molecule has 2 amide bonds. The summed E-state index contributed by atoms with van der Waals surface area (Å²) in [6, 6.07) is 14.5. The van der Waals surface area contributed by atoms with Crippen molar-refractivity contribution in [2.24, 2.45) is 0 Å². The second-order valence-electron chi connectivity index (χ2n) is 8.21. The van der Waals surface area contributed by atoms with E-state index in [1.807, 2.05) is 36.4 Å². The van der Waals surface area contributed by atoms with Crippen LogP contribution in [0.15, 0.2) is 48.5 Å². The highest BCUT2D eigenvalue weighted by atomic mass is 19.1. The Bertz CT molecular complexity index is 897. The van der Waals surface area contributed by atoms with Crippen LogP contribution in [0.25, 0.3) is 0 Å². The van der Waals surface area contributed by atoms with Gasteiger partial charge < -0.3 is 10.6 Å². The van der Waals surface area contributed by atoms with Gasteiger partial charge in [-0.05, 0) is 48.2 Å². The van der Waals surface area contributed by atoms with Crippen LogP contribution in [-0.2, 0) is 16.1 Å².